The first-order valence-electron chi connectivity index (χ1n) is 6.96. The molecule has 0 saturated carbocycles. The number of sulfonamides is 1. The van der Waals surface area contributed by atoms with Gasteiger partial charge in [-0.2, -0.15) is 4.72 Å². The Morgan fingerprint density at radius 2 is 1.81 bits per heavy atom. The van der Waals surface area contributed by atoms with E-state index in [1.165, 1.54) is 6.07 Å². The maximum absolute atomic E-state index is 12.3. The van der Waals surface area contributed by atoms with Gasteiger partial charge >= 0.3 is 5.97 Å². The molecule has 0 aliphatic heterocycles. The van der Waals surface area contributed by atoms with Gasteiger partial charge in [0.15, 0.2) is 0 Å². The van der Waals surface area contributed by atoms with E-state index in [-0.39, 0.29) is 11.3 Å². The Bertz CT molecular complexity index is 608. The molecule has 5 nitrogen and oxygen atoms in total. The van der Waals surface area contributed by atoms with E-state index in [9.17, 15) is 13.2 Å². The number of rotatable bonds is 7. The van der Waals surface area contributed by atoms with Gasteiger partial charge in [0.2, 0.25) is 10.0 Å². The Morgan fingerprint density at radius 1 is 1.19 bits per heavy atom. The van der Waals surface area contributed by atoms with E-state index in [0.717, 1.165) is 11.1 Å². The third-order valence-corrected chi connectivity index (χ3v) is 4.89. The Hall–Kier alpha value is -1.40. The number of aryl methyl sites for hydroxylation is 2. The molecule has 1 atom stereocenters. The first kappa shape index (κ1) is 17.7. The quantitative estimate of drug-likeness (QED) is 0.810. The average Bonchev–Trinajstić information content (AvgIpc) is 2.37. The Kier molecular flexibility index (Phi) is 5.92. The molecule has 1 unspecified atom stereocenters. The summed E-state index contributed by atoms with van der Waals surface area (Å²) in [4.78, 5) is 11.3. The number of hydrogen-bond donors (Lipinski definition) is 2. The third-order valence-electron chi connectivity index (χ3n) is 3.42. The first-order chi connectivity index (χ1) is 9.63. The molecule has 118 valence electrons. The monoisotopic (exact) mass is 313 g/mol. The molecule has 0 saturated heterocycles. The summed E-state index contributed by atoms with van der Waals surface area (Å²) in [7, 11) is -3.82. The molecule has 0 fully saturated rings. The number of carboxylic acid groups (broad SMARTS) is 1. The molecule has 0 bridgehead atoms. The molecule has 0 radical (unpaired) electrons. The zero-order valence-electron chi connectivity index (χ0n) is 12.9. The zero-order chi connectivity index (χ0) is 16.2. The van der Waals surface area contributed by atoms with Gasteiger partial charge in [-0.05, 0) is 55.9 Å². The summed E-state index contributed by atoms with van der Waals surface area (Å²) in [5, 5.41) is 9.17. The second-order valence-electron chi connectivity index (χ2n) is 5.73. The largest absolute Gasteiger partial charge is 0.480 e. The van der Waals surface area contributed by atoms with Crippen LogP contribution in [-0.4, -0.2) is 25.5 Å². The lowest BCUT2D eigenvalue weighted by Crippen LogP contribution is -2.40. The number of carbonyl (C=O) groups is 1. The Labute approximate surface area is 126 Å². The van der Waals surface area contributed by atoms with Crippen LogP contribution in [0.1, 0.15) is 37.8 Å². The molecular weight excluding hydrogens is 290 g/mol. The highest BCUT2D eigenvalue weighted by atomic mass is 32.2. The number of hydrogen-bond acceptors (Lipinski definition) is 3. The fraction of sp³-hybridized carbons (Fsp3) is 0.533. The zero-order valence-corrected chi connectivity index (χ0v) is 13.7. The minimum atomic E-state index is -3.82. The van der Waals surface area contributed by atoms with Crippen molar-refractivity contribution in [1.29, 1.82) is 0 Å². The van der Waals surface area contributed by atoms with Crippen LogP contribution in [0.5, 0.6) is 0 Å². The summed E-state index contributed by atoms with van der Waals surface area (Å²) in [6.45, 7) is 7.65. The molecule has 0 aromatic heterocycles. The predicted molar refractivity (Wildman–Crippen MR) is 81.7 cm³/mol. The molecule has 1 aromatic rings. The normalized spacial score (nSPS) is 13.4. The molecule has 21 heavy (non-hydrogen) atoms. The van der Waals surface area contributed by atoms with Crippen molar-refractivity contribution in [2.75, 3.05) is 0 Å². The van der Waals surface area contributed by atoms with Gasteiger partial charge < -0.3 is 5.11 Å². The van der Waals surface area contributed by atoms with E-state index < -0.39 is 22.0 Å². The minimum absolute atomic E-state index is 0.0985. The molecular formula is C15H23NO4S. The molecule has 0 amide bonds. The minimum Gasteiger partial charge on any atom is -0.480 e. The fourth-order valence-electron chi connectivity index (χ4n) is 1.87. The highest BCUT2D eigenvalue weighted by Gasteiger charge is 2.25. The van der Waals surface area contributed by atoms with Gasteiger partial charge in [0, 0.05) is 0 Å². The highest BCUT2D eigenvalue weighted by Crippen LogP contribution is 2.16. The molecule has 6 heteroatoms. The van der Waals surface area contributed by atoms with Crippen molar-refractivity contribution >= 4 is 16.0 Å². The third kappa shape index (κ3) is 5.13. The van der Waals surface area contributed by atoms with Crippen LogP contribution in [-0.2, 0) is 14.8 Å². The number of carboxylic acids is 1. The molecule has 2 N–H and O–H groups in total. The van der Waals surface area contributed by atoms with Crippen LogP contribution in [0, 0.1) is 19.8 Å². The topological polar surface area (TPSA) is 83.5 Å². The summed E-state index contributed by atoms with van der Waals surface area (Å²) in [5.74, 6) is -0.832. The van der Waals surface area contributed by atoms with Gasteiger partial charge in [0.1, 0.15) is 6.04 Å². The lowest BCUT2D eigenvalue weighted by Gasteiger charge is -2.16. The van der Waals surface area contributed by atoms with Crippen molar-refractivity contribution in [2.24, 2.45) is 5.92 Å². The van der Waals surface area contributed by atoms with Crippen molar-refractivity contribution in [1.82, 2.24) is 4.72 Å². The first-order valence-corrected chi connectivity index (χ1v) is 8.44. The van der Waals surface area contributed by atoms with Crippen LogP contribution >= 0.6 is 0 Å². The van der Waals surface area contributed by atoms with Crippen molar-refractivity contribution in [3.63, 3.8) is 0 Å². The summed E-state index contributed by atoms with van der Waals surface area (Å²) in [6, 6.07) is 3.66. The summed E-state index contributed by atoms with van der Waals surface area (Å²) >= 11 is 0. The van der Waals surface area contributed by atoms with Crippen molar-refractivity contribution < 1.29 is 18.3 Å². The van der Waals surface area contributed by atoms with Gasteiger partial charge in [0.05, 0.1) is 4.90 Å². The smallest absolute Gasteiger partial charge is 0.321 e. The SMILES string of the molecule is Cc1ccc(S(=O)(=O)NC(CCC(C)C)C(=O)O)cc1C. The highest BCUT2D eigenvalue weighted by molar-refractivity contribution is 7.89. The van der Waals surface area contributed by atoms with Crippen molar-refractivity contribution in [3.05, 3.63) is 29.3 Å². The van der Waals surface area contributed by atoms with Crippen LogP contribution in [0.15, 0.2) is 23.1 Å². The van der Waals surface area contributed by atoms with E-state index in [4.69, 9.17) is 5.11 Å². The Morgan fingerprint density at radius 3 is 2.29 bits per heavy atom. The summed E-state index contributed by atoms with van der Waals surface area (Å²) in [6.07, 6.45) is 0.920. The van der Waals surface area contributed by atoms with Gasteiger partial charge in [-0.15, -0.1) is 0 Å². The second kappa shape index (κ2) is 7.04. The Balaban J connectivity index is 2.95. The molecule has 0 spiro atoms. The van der Waals surface area contributed by atoms with Crippen LogP contribution < -0.4 is 4.72 Å². The average molecular weight is 313 g/mol. The van der Waals surface area contributed by atoms with Crippen molar-refractivity contribution in [3.8, 4) is 0 Å². The van der Waals surface area contributed by atoms with E-state index in [1.54, 1.807) is 12.1 Å². The lowest BCUT2D eigenvalue weighted by atomic mass is 10.0. The lowest BCUT2D eigenvalue weighted by molar-refractivity contribution is -0.139. The van der Waals surface area contributed by atoms with Gasteiger partial charge in [-0.3, -0.25) is 4.79 Å². The standard InChI is InChI=1S/C15H23NO4S/c1-10(2)5-8-14(15(17)18)16-21(19,20)13-7-6-11(3)12(4)9-13/h6-7,9-10,14,16H,5,8H2,1-4H3,(H,17,18). The maximum Gasteiger partial charge on any atom is 0.321 e. The number of aliphatic carboxylic acids is 1. The van der Waals surface area contributed by atoms with Crippen LogP contribution in [0.25, 0.3) is 0 Å². The molecule has 0 aliphatic carbocycles. The summed E-state index contributed by atoms with van der Waals surface area (Å²) < 4.78 is 26.8. The van der Waals surface area contributed by atoms with Crippen molar-refractivity contribution in [2.45, 2.75) is 51.5 Å². The molecule has 0 heterocycles. The van der Waals surface area contributed by atoms with Crippen LogP contribution in [0.2, 0.25) is 0 Å². The van der Waals surface area contributed by atoms with Crippen LogP contribution in [0.4, 0.5) is 0 Å². The summed E-state index contributed by atoms with van der Waals surface area (Å²) in [5.41, 5.74) is 1.84. The predicted octanol–water partition coefficient (Wildman–Crippen LogP) is 2.47. The van der Waals surface area contributed by atoms with E-state index in [0.29, 0.717) is 12.3 Å². The van der Waals surface area contributed by atoms with Gasteiger partial charge in [-0.25, -0.2) is 8.42 Å². The number of benzene rings is 1. The van der Waals surface area contributed by atoms with E-state index in [2.05, 4.69) is 4.72 Å². The van der Waals surface area contributed by atoms with E-state index in [1.807, 2.05) is 27.7 Å². The van der Waals surface area contributed by atoms with Gasteiger partial charge in [-0.1, -0.05) is 19.9 Å². The molecule has 1 rings (SSSR count). The second-order valence-corrected chi connectivity index (χ2v) is 7.44. The number of nitrogens with one attached hydrogen (secondary N) is 1. The molecule has 0 aliphatic rings. The fourth-order valence-corrected chi connectivity index (χ4v) is 3.18. The van der Waals surface area contributed by atoms with Gasteiger partial charge in [0.25, 0.3) is 0 Å². The van der Waals surface area contributed by atoms with Crippen LogP contribution in [0.3, 0.4) is 0 Å². The molecule has 1 aromatic carbocycles. The van der Waals surface area contributed by atoms with E-state index >= 15 is 0 Å². The maximum atomic E-state index is 12.3.